The number of hydrogen-bond donors (Lipinski definition) is 2. The Balaban J connectivity index is 1.45. The number of aromatic hydroxyl groups is 1. The lowest BCUT2D eigenvalue weighted by atomic mass is 10.1. The summed E-state index contributed by atoms with van der Waals surface area (Å²) in [7, 11) is 0. The molecule has 0 saturated heterocycles. The van der Waals surface area contributed by atoms with Crippen molar-refractivity contribution in [1.29, 1.82) is 0 Å². The zero-order valence-electron chi connectivity index (χ0n) is 20.7. The molecule has 190 valence electrons. The molecule has 2 aromatic heterocycles. The second kappa shape index (κ2) is 10.9. The monoisotopic (exact) mass is 569 g/mol. The Bertz CT molecular complexity index is 1590. The second-order valence-corrected chi connectivity index (χ2v) is 9.77. The van der Waals surface area contributed by atoms with E-state index in [0.29, 0.717) is 34.2 Å². The summed E-state index contributed by atoms with van der Waals surface area (Å²) in [4.78, 5) is 33.0. The van der Waals surface area contributed by atoms with Gasteiger partial charge in [-0.25, -0.2) is 15.0 Å². The summed E-state index contributed by atoms with van der Waals surface area (Å²) in [5.41, 5.74) is 3.17. The topological polar surface area (TPSA) is 100 Å². The third kappa shape index (κ3) is 5.57. The first-order chi connectivity index (χ1) is 18.4. The van der Waals surface area contributed by atoms with Crippen LogP contribution < -0.4 is 15.2 Å². The fourth-order valence-electron chi connectivity index (χ4n) is 3.76. The number of benzene rings is 3. The first-order valence-corrected chi connectivity index (χ1v) is 12.7. The number of fused-ring (bicyclic) bond motifs is 1. The standard InChI is InChI=1S/C29H24BrN5O3/c1-18(2)26-15-14-25-27(31-17-32-28(25)34-26)33-21-5-3-4-19(16-21)29(37)35(22-8-6-20(30)7-9-22)38-24-12-10-23(36)11-13-24/h3-18,36H,1-2H3,(H,31,32,33,34). The molecule has 1 amide bonds. The van der Waals surface area contributed by atoms with Crippen LogP contribution in [-0.4, -0.2) is 26.0 Å². The quantitative estimate of drug-likeness (QED) is 0.203. The minimum atomic E-state index is -0.375. The number of halogens is 1. The van der Waals surface area contributed by atoms with E-state index in [1.165, 1.54) is 23.5 Å². The minimum Gasteiger partial charge on any atom is -0.508 e. The van der Waals surface area contributed by atoms with Crippen LogP contribution in [0.1, 0.15) is 35.8 Å². The molecule has 9 heteroatoms. The highest BCUT2D eigenvalue weighted by atomic mass is 79.9. The fourth-order valence-corrected chi connectivity index (χ4v) is 4.03. The SMILES string of the molecule is CC(C)c1ccc2c(Nc3cccc(C(=O)N(Oc4ccc(O)cc4)c4ccc(Br)cc4)c3)ncnc2n1. The molecule has 0 unspecified atom stereocenters. The van der Waals surface area contributed by atoms with Crippen molar-refractivity contribution in [2.24, 2.45) is 0 Å². The van der Waals surface area contributed by atoms with E-state index in [1.807, 2.05) is 30.3 Å². The third-order valence-electron chi connectivity index (χ3n) is 5.76. The summed E-state index contributed by atoms with van der Waals surface area (Å²) in [6.45, 7) is 4.17. The molecule has 0 aliphatic carbocycles. The molecule has 0 bridgehead atoms. The first-order valence-electron chi connectivity index (χ1n) is 11.9. The molecule has 0 aliphatic heterocycles. The number of carbonyl (C=O) groups excluding carboxylic acids is 1. The Kier molecular flexibility index (Phi) is 7.19. The Morgan fingerprint density at radius 2 is 1.74 bits per heavy atom. The summed E-state index contributed by atoms with van der Waals surface area (Å²) in [6.07, 6.45) is 1.47. The maximum Gasteiger partial charge on any atom is 0.291 e. The largest absolute Gasteiger partial charge is 0.508 e. The van der Waals surface area contributed by atoms with Crippen LogP contribution in [0.5, 0.6) is 11.5 Å². The van der Waals surface area contributed by atoms with Gasteiger partial charge in [0, 0.05) is 21.4 Å². The van der Waals surface area contributed by atoms with Gasteiger partial charge in [0.2, 0.25) is 0 Å². The molecule has 8 nitrogen and oxygen atoms in total. The number of carbonyl (C=O) groups is 1. The number of nitrogens with one attached hydrogen (secondary N) is 1. The normalized spacial score (nSPS) is 10.9. The molecule has 0 aliphatic rings. The molecule has 2 N–H and O–H groups in total. The van der Waals surface area contributed by atoms with Crippen LogP contribution in [0, 0.1) is 0 Å². The lowest BCUT2D eigenvalue weighted by Gasteiger charge is -2.23. The van der Waals surface area contributed by atoms with Crippen LogP contribution in [0.4, 0.5) is 17.2 Å². The van der Waals surface area contributed by atoms with Gasteiger partial charge < -0.3 is 15.3 Å². The molecule has 0 saturated carbocycles. The molecule has 5 aromatic rings. The number of amides is 1. The van der Waals surface area contributed by atoms with Gasteiger partial charge in [-0.3, -0.25) is 4.79 Å². The Labute approximate surface area is 228 Å². The number of phenols is 1. The molecule has 0 fully saturated rings. The number of hydrogen-bond acceptors (Lipinski definition) is 7. The average molecular weight is 570 g/mol. The number of rotatable bonds is 7. The number of anilines is 3. The Hall–Kier alpha value is -4.50. The van der Waals surface area contributed by atoms with Crippen LogP contribution in [0.2, 0.25) is 0 Å². The van der Waals surface area contributed by atoms with Gasteiger partial charge in [-0.2, -0.15) is 0 Å². The lowest BCUT2D eigenvalue weighted by molar-refractivity contribution is 0.0880. The minimum absolute atomic E-state index is 0.102. The number of aromatic nitrogens is 3. The molecule has 0 spiro atoms. The molecule has 0 atom stereocenters. The maximum absolute atomic E-state index is 13.7. The van der Waals surface area contributed by atoms with Gasteiger partial charge in [0.05, 0.1) is 11.1 Å². The summed E-state index contributed by atoms with van der Waals surface area (Å²) >= 11 is 3.43. The molecule has 2 heterocycles. The van der Waals surface area contributed by atoms with E-state index in [1.54, 1.807) is 42.5 Å². The van der Waals surface area contributed by atoms with Crippen LogP contribution in [-0.2, 0) is 0 Å². The third-order valence-corrected chi connectivity index (χ3v) is 6.29. The predicted octanol–water partition coefficient (Wildman–Crippen LogP) is 7.00. The Morgan fingerprint density at radius 3 is 2.47 bits per heavy atom. The summed E-state index contributed by atoms with van der Waals surface area (Å²) in [5.74, 6) is 0.998. The van der Waals surface area contributed by atoms with Crippen molar-refractivity contribution in [2.45, 2.75) is 19.8 Å². The van der Waals surface area contributed by atoms with Crippen molar-refractivity contribution in [3.05, 3.63) is 107 Å². The summed E-state index contributed by atoms with van der Waals surface area (Å²) < 4.78 is 0.872. The number of nitrogens with zero attached hydrogens (tertiary/aromatic N) is 4. The maximum atomic E-state index is 13.7. The van der Waals surface area contributed by atoms with E-state index in [0.717, 1.165) is 15.6 Å². The molecular formula is C29H24BrN5O3. The van der Waals surface area contributed by atoms with Crippen LogP contribution in [0.25, 0.3) is 11.0 Å². The lowest BCUT2D eigenvalue weighted by Crippen LogP contribution is -2.34. The van der Waals surface area contributed by atoms with Crippen LogP contribution in [0.15, 0.2) is 95.7 Å². The summed E-state index contributed by atoms with van der Waals surface area (Å²) in [5, 5.41) is 14.9. The van der Waals surface area contributed by atoms with Gasteiger partial charge >= 0.3 is 0 Å². The number of hydroxylamine groups is 1. The average Bonchev–Trinajstić information content (AvgIpc) is 2.93. The second-order valence-electron chi connectivity index (χ2n) is 8.85. The zero-order chi connectivity index (χ0) is 26.6. The smallest absolute Gasteiger partial charge is 0.291 e. The van der Waals surface area contributed by atoms with Crippen molar-refractivity contribution in [2.75, 3.05) is 10.4 Å². The van der Waals surface area contributed by atoms with Crippen molar-refractivity contribution < 1.29 is 14.7 Å². The van der Waals surface area contributed by atoms with E-state index in [-0.39, 0.29) is 17.6 Å². The van der Waals surface area contributed by atoms with Gasteiger partial charge in [-0.15, -0.1) is 5.06 Å². The van der Waals surface area contributed by atoms with Gasteiger partial charge in [-0.05, 0) is 84.8 Å². The van der Waals surface area contributed by atoms with Gasteiger partial charge in [0.25, 0.3) is 5.91 Å². The molecule has 38 heavy (non-hydrogen) atoms. The van der Waals surface area contributed by atoms with Crippen LogP contribution >= 0.6 is 15.9 Å². The Morgan fingerprint density at radius 1 is 0.974 bits per heavy atom. The number of pyridine rings is 1. The van der Waals surface area contributed by atoms with Crippen molar-refractivity contribution >= 4 is 50.1 Å². The summed E-state index contributed by atoms with van der Waals surface area (Å²) in [6, 6.07) is 24.4. The van der Waals surface area contributed by atoms with E-state index in [2.05, 4.69) is 50.0 Å². The molecule has 5 rings (SSSR count). The van der Waals surface area contributed by atoms with Gasteiger partial charge in [0.1, 0.15) is 17.9 Å². The highest BCUT2D eigenvalue weighted by Crippen LogP contribution is 2.27. The van der Waals surface area contributed by atoms with E-state index < -0.39 is 0 Å². The molecule has 3 aromatic carbocycles. The van der Waals surface area contributed by atoms with E-state index >= 15 is 0 Å². The highest BCUT2D eigenvalue weighted by Gasteiger charge is 2.21. The van der Waals surface area contributed by atoms with Gasteiger partial charge in [0.15, 0.2) is 11.4 Å². The molecular weight excluding hydrogens is 546 g/mol. The van der Waals surface area contributed by atoms with E-state index in [4.69, 9.17) is 4.84 Å². The zero-order valence-corrected chi connectivity index (χ0v) is 22.3. The highest BCUT2D eigenvalue weighted by molar-refractivity contribution is 9.10. The van der Waals surface area contributed by atoms with Crippen LogP contribution in [0.3, 0.4) is 0 Å². The molecule has 0 radical (unpaired) electrons. The first kappa shape index (κ1) is 25.2. The van der Waals surface area contributed by atoms with E-state index in [9.17, 15) is 9.90 Å². The number of phenolic OH excluding ortho intramolecular Hbond substituents is 1. The van der Waals surface area contributed by atoms with Crippen molar-refractivity contribution in [3.8, 4) is 11.5 Å². The van der Waals surface area contributed by atoms with Crippen molar-refractivity contribution in [3.63, 3.8) is 0 Å². The predicted molar refractivity (Wildman–Crippen MR) is 151 cm³/mol. The van der Waals surface area contributed by atoms with Crippen molar-refractivity contribution in [1.82, 2.24) is 15.0 Å². The fraction of sp³-hybridized carbons (Fsp3) is 0.103. The van der Waals surface area contributed by atoms with Gasteiger partial charge in [-0.1, -0.05) is 35.8 Å².